The van der Waals surface area contributed by atoms with Crippen LogP contribution in [0.2, 0.25) is 5.02 Å². The van der Waals surface area contributed by atoms with E-state index in [1.165, 1.54) is 24.5 Å². The zero-order valence-electron chi connectivity index (χ0n) is 9.85. The third-order valence-corrected chi connectivity index (χ3v) is 2.71. The maximum absolute atomic E-state index is 13.4. The van der Waals surface area contributed by atoms with Gasteiger partial charge in [0.1, 0.15) is 5.82 Å². The highest BCUT2D eigenvalue weighted by Crippen LogP contribution is 2.08. The van der Waals surface area contributed by atoms with Gasteiger partial charge in [-0.05, 0) is 11.6 Å². The fourth-order valence-corrected chi connectivity index (χ4v) is 1.81. The molecule has 0 amide bonds. The summed E-state index contributed by atoms with van der Waals surface area (Å²) in [5, 5.41) is 0.262. The number of Topliss-reactive ketones (excluding diaryl/α,β-unsaturated/α-hetero) is 1. The van der Waals surface area contributed by atoms with E-state index in [4.69, 9.17) is 11.6 Å². The molecule has 0 N–H and O–H groups in total. The molecule has 0 saturated carbocycles. The molecule has 98 valence electrons. The molecule has 2 aromatic rings. The van der Waals surface area contributed by atoms with Crippen LogP contribution in [-0.2, 0) is 17.8 Å². The molecule has 0 aliphatic heterocycles. The monoisotopic (exact) mass is 280 g/mol. The first-order chi connectivity index (χ1) is 9.06. The Morgan fingerprint density at radius 1 is 1.37 bits per heavy atom. The Hall–Kier alpha value is -2.01. The van der Waals surface area contributed by atoms with Crippen LogP contribution in [0.4, 0.5) is 4.39 Å². The highest BCUT2D eigenvalue weighted by Gasteiger charge is 2.09. The van der Waals surface area contributed by atoms with E-state index in [-0.39, 0.29) is 23.8 Å². The van der Waals surface area contributed by atoms with Crippen molar-refractivity contribution in [3.05, 3.63) is 63.5 Å². The van der Waals surface area contributed by atoms with Crippen LogP contribution in [0.1, 0.15) is 5.56 Å². The summed E-state index contributed by atoms with van der Waals surface area (Å²) in [7, 11) is 0. The molecule has 0 fully saturated rings. The van der Waals surface area contributed by atoms with Crippen LogP contribution < -0.4 is 5.69 Å². The van der Waals surface area contributed by atoms with Crippen molar-refractivity contribution in [1.82, 2.24) is 9.55 Å². The minimum Gasteiger partial charge on any atom is -0.297 e. The summed E-state index contributed by atoms with van der Waals surface area (Å²) < 4.78 is 14.5. The van der Waals surface area contributed by atoms with Crippen LogP contribution in [0.3, 0.4) is 0 Å². The quantitative estimate of drug-likeness (QED) is 0.859. The van der Waals surface area contributed by atoms with Gasteiger partial charge in [0.2, 0.25) is 0 Å². The molecule has 1 aromatic heterocycles. The molecular formula is C13H10ClFN2O2. The third-order valence-electron chi connectivity index (χ3n) is 2.52. The van der Waals surface area contributed by atoms with Crippen molar-refractivity contribution < 1.29 is 9.18 Å². The molecule has 19 heavy (non-hydrogen) atoms. The first-order valence-electron chi connectivity index (χ1n) is 5.53. The zero-order valence-corrected chi connectivity index (χ0v) is 10.6. The summed E-state index contributed by atoms with van der Waals surface area (Å²) in [5.74, 6) is -0.733. The second-order valence-electron chi connectivity index (χ2n) is 3.99. The third kappa shape index (κ3) is 3.48. The number of rotatable bonds is 4. The van der Waals surface area contributed by atoms with E-state index in [1.807, 2.05) is 0 Å². The van der Waals surface area contributed by atoms with Gasteiger partial charge >= 0.3 is 5.69 Å². The van der Waals surface area contributed by atoms with E-state index < -0.39 is 11.5 Å². The van der Waals surface area contributed by atoms with Gasteiger partial charge in [-0.3, -0.25) is 9.36 Å². The van der Waals surface area contributed by atoms with Gasteiger partial charge < -0.3 is 0 Å². The lowest BCUT2D eigenvalue weighted by molar-refractivity contribution is -0.119. The zero-order chi connectivity index (χ0) is 13.8. The topological polar surface area (TPSA) is 52.0 Å². The van der Waals surface area contributed by atoms with Crippen molar-refractivity contribution in [2.45, 2.75) is 13.0 Å². The van der Waals surface area contributed by atoms with Crippen molar-refractivity contribution in [1.29, 1.82) is 0 Å². The van der Waals surface area contributed by atoms with Crippen LogP contribution in [0.25, 0.3) is 0 Å². The molecule has 1 aromatic carbocycles. The number of halogens is 2. The molecule has 2 rings (SSSR count). The summed E-state index contributed by atoms with van der Waals surface area (Å²) in [5.41, 5.74) is -0.262. The van der Waals surface area contributed by atoms with E-state index >= 15 is 0 Å². The van der Waals surface area contributed by atoms with Gasteiger partial charge in [0.25, 0.3) is 0 Å². The Balaban J connectivity index is 2.12. The lowest BCUT2D eigenvalue weighted by atomic mass is 10.1. The maximum Gasteiger partial charge on any atom is 0.348 e. The summed E-state index contributed by atoms with van der Waals surface area (Å²) >= 11 is 5.69. The largest absolute Gasteiger partial charge is 0.348 e. The highest BCUT2D eigenvalue weighted by molar-refractivity contribution is 6.30. The van der Waals surface area contributed by atoms with E-state index in [1.54, 1.807) is 12.1 Å². The number of carbonyl (C=O) groups excluding carboxylic acids is 1. The number of ketones is 1. The van der Waals surface area contributed by atoms with Crippen molar-refractivity contribution in [2.75, 3.05) is 0 Å². The van der Waals surface area contributed by atoms with E-state index in [0.29, 0.717) is 5.56 Å². The fraction of sp³-hybridized carbons (Fsp3) is 0.154. The van der Waals surface area contributed by atoms with Gasteiger partial charge in [0.05, 0.1) is 17.8 Å². The Kier molecular flexibility index (Phi) is 4.06. The van der Waals surface area contributed by atoms with Crippen molar-refractivity contribution in [3.63, 3.8) is 0 Å². The molecule has 0 unspecified atom stereocenters. The molecule has 0 aliphatic rings. The van der Waals surface area contributed by atoms with Crippen LogP contribution >= 0.6 is 11.6 Å². The van der Waals surface area contributed by atoms with Gasteiger partial charge in [0.15, 0.2) is 5.78 Å². The standard InChI is InChI=1S/C13H10ClFN2O2/c14-10-6-16-13(19)17(7-10)8-11(18)5-9-3-1-2-4-12(9)15/h1-4,6-7H,5,8H2. The predicted molar refractivity (Wildman–Crippen MR) is 68.6 cm³/mol. The molecule has 4 nitrogen and oxygen atoms in total. The fourth-order valence-electron chi connectivity index (χ4n) is 1.64. The number of hydrogen-bond acceptors (Lipinski definition) is 3. The summed E-state index contributed by atoms with van der Waals surface area (Å²) in [6, 6.07) is 6.02. The maximum atomic E-state index is 13.4. The Morgan fingerprint density at radius 3 is 2.84 bits per heavy atom. The minimum atomic E-state index is -0.564. The van der Waals surface area contributed by atoms with Gasteiger partial charge in [-0.15, -0.1) is 0 Å². The molecule has 0 spiro atoms. The predicted octanol–water partition coefficient (Wildman–Crippen LogP) is 1.85. The number of nitrogens with zero attached hydrogens (tertiary/aromatic N) is 2. The average Bonchev–Trinajstić information content (AvgIpc) is 2.37. The average molecular weight is 281 g/mol. The second-order valence-corrected chi connectivity index (χ2v) is 4.43. The minimum absolute atomic E-state index is 0.0778. The number of benzene rings is 1. The van der Waals surface area contributed by atoms with E-state index in [9.17, 15) is 14.0 Å². The molecule has 0 aliphatic carbocycles. The van der Waals surface area contributed by atoms with Crippen LogP contribution in [-0.4, -0.2) is 15.3 Å². The van der Waals surface area contributed by atoms with Gasteiger partial charge in [-0.2, -0.15) is 0 Å². The summed E-state index contributed by atoms with van der Waals surface area (Å²) in [6.45, 7) is -0.180. The molecule has 0 atom stereocenters. The molecule has 0 bridgehead atoms. The summed E-state index contributed by atoms with van der Waals surface area (Å²) in [6.07, 6.45) is 2.46. The Labute approximate surface area is 113 Å². The molecule has 1 heterocycles. The summed E-state index contributed by atoms with van der Waals surface area (Å²) in [4.78, 5) is 26.7. The first kappa shape index (κ1) is 13.4. The first-order valence-corrected chi connectivity index (χ1v) is 5.91. The van der Waals surface area contributed by atoms with Crippen molar-refractivity contribution in [3.8, 4) is 0 Å². The molecular weight excluding hydrogens is 271 g/mol. The van der Waals surface area contributed by atoms with Crippen LogP contribution in [0.5, 0.6) is 0 Å². The van der Waals surface area contributed by atoms with Crippen LogP contribution in [0, 0.1) is 5.82 Å². The van der Waals surface area contributed by atoms with Crippen molar-refractivity contribution >= 4 is 17.4 Å². The molecule has 6 heteroatoms. The van der Waals surface area contributed by atoms with Crippen LogP contribution in [0.15, 0.2) is 41.5 Å². The highest BCUT2D eigenvalue weighted by atomic mass is 35.5. The lowest BCUT2D eigenvalue weighted by Crippen LogP contribution is -2.26. The Morgan fingerprint density at radius 2 is 2.11 bits per heavy atom. The number of hydrogen-bond donors (Lipinski definition) is 0. The number of carbonyl (C=O) groups is 1. The van der Waals surface area contributed by atoms with Crippen molar-refractivity contribution in [2.24, 2.45) is 0 Å². The van der Waals surface area contributed by atoms with E-state index in [0.717, 1.165) is 4.57 Å². The SMILES string of the molecule is O=C(Cc1ccccc1F)Cn1cc(Cl)cnc1=O. The smallest absolute Gasteiger partial charge is 0.297 e. The van der Waals surface area contributed by atoms with Gasteiger partial charge in [-0.25, -0.2) is 14.2 Å². The van der Waals surface area contributed by atoms with E-state index in [2.05, 4.69) is 4.98 Å². The number of aromatic nitrogens is 2. The molecule has 0 saturated heterocycles. The lowest BCUT2D eigenvalue weighted by Gasteiger charge is -2.05. The van der Waals surface area contributed by atoms with Gasteiger partial charge in [-0.1, -0.05) is 29.8 Å². The molecule has 0 radical (unpaired) electrons. The normalized spacial score (nSPS) is 10.4. The van der Waals surface area contributed by atoms with Gasteiger partial charge in [0, 0.05) is 12.6 Å². The second kappa shape index (κ2) is 5.75. The Bertz CT molecular complexity index is 670.